The lowest BCUT2D eigenvalue weighted by Crippen LogP contribution is -2.14. The Morgan fingerprint density at radius 3 is 2.84 bits per heavy atom. The summed E-state index contributed by atoms with van der Waals surface area (Å²) in [4.78, 5) is 20.6. The van der Waals surface area contributed by atoms with Crippen molar-refractivity contribution in [1.29, 1.82) is 0 Å². The second-order valence-corrected chi connectivity index (χ2v) is 4.55. The van der Waals surface area contributed by atoms with Crippen LogP contribution in [0.4, 0.5) is 0 Å². The normalized spacial score (nSPS) is 11.3. The van der Waals surface area contributed by atoms with Crippen LogP contribution in [0.5, 0.6) is 0 Å². The Morgan fingerprint density at radius 2 is 2.05 bits per heavy atom. The van der Waals surface area contributed by atoms with E-state index in [0.29, 0.717) is 11.2 Å². The average molecular weight is 255 g/mol. The third-order valence-corrected chi connectivity index (χ3v) is 2.79. The van der Waals surface area contributed by atoms with Gasteiger partial charge in [-0.3, -0.25) is 4.40 Å². The molecule has 0 unspecified atom stereocenters. The fourth-order valence-corrected chi connectivity index (χ4v) is 2.02. The van der Waals surface area contributed by atoms with Gasteiger partial charge in [0.2, 0.25) is 0 Å². The number of imidazole rings is 1. The smallest absolute Gasteiger partial charge is 0.359 e. The number of nitrogens with zero attached hydrogens (tertiary/aromatic N) is 3. The van der Waals surface area contributed by atoms with Crippen LogP contribution in [0.15, 0.2) is 36.8 Å². The second kappa shape index (κ2) is 4.35. The maximum atomic E-state index is 12.1. The van der Waals surface area contributed by atoms with Gasteiger partial charge in [0.25, 0.3) is 0 Å². The SMILES string of the molecule is CC(C)OC(=O)c1nc2ccccc2n2cncc12. The molecule has 5 heteroatoms. The third-order valence-electron chi connectivity index (χ3n) is 2.79. The molecular weight excluding hydrogens is 242 g/mol. The molecule has 0 aliphatic carbocycles. The zero-order valence-electron chi connectivity index (χ0n) is 10.7. The van der Waals surface area contributed by atoms with Gasteiger partial charge in [-0.05, 0) is 26.0 Å². The topological polar surface area (TPSA) is 56.5 Å². The van der Waals surface area contributed by atoms with Gasteiger partial charge < -0.3 is 4.74 Å². The van der Waals surface area contributed by atoms with E-state index in [1.807, 2.05) is 42.5 Å². The van der Waals surface area contributed by atoms with Crippen LogP contribution in [0, 0.1) is 0 Å². The molecule has 5 nitrogen and oxygen atoms in total. The lowest BCUT2D eigenvalue weighted by molar-refractivity contribution is 0.0373. The van der Waals surface area contributed by atoms with Crippen molar-refractivity contribution in [1.82, 2.24) is 14.4 Å². The molecule has 0 bridgehead atoms. The third kappa shape index (κ3) is 1.93. The summed E-state index contributed by atoms with van der Waals surface area (Å²) in [7, 11) is 0. The predicted molar refractivity (Wildman–Crippen MR) is 71.0 cm³/mol. The van der Waals surface area contributed by atoms with Gasteiger partial charge in [-0.15, -0.1) is 0 Å². The van der Waals surface area contributed by atoms with E-state index in [9.17, 15) is 4.79 Å². The molecule has 0 N–H and O–H groups in total. The maximum Gasteiger partial charge on any atom is 0.359 e. The number of carbonyl (C=O) groups excluding carboxylic acids is 1. The van der Waals surface area contributed by atoms with E-state index in [2.05, 4.69) is 9.97 Å². The van der Waals surface area contributed by atoms with Crippen molar-refractivity contribution in [2.24, 2.45) is 0 Å². The monoisotopic (exact) mass is 255 g/mol. The molecule has 96 valence electrons. The highest BCUT2D eigenvalue weighted by molar-refractivity contribution is 5.97. The summed E-state index contributed by atoms with van der Waals surface area (Å²) in [6.07, 6.45) is 3.12. The number of fused-ring (bicyclic) bond motifs is 3. The fourth-order valence-electron chi connectivity index (χ4n) is 2.02. The molecule has 0 saturated heterocycles. The zero-order valence-corrected chi connectivity index (χ0v) is 10.7. The minimum atomic E-state index is -0.425. The summed E-state index contributed by atoms with van der Waals surface area (Å²) in [6, 6.07) is 7.61. The van der Waals surface area contributed by atoms with Crippen molar-refractivity contribution in [3.05, 3.63) is 42.5 Å². The van der Waals surface area contributed by atoms with Gasteiger partial charge in [0.05, 0.1) is 35.2 Å². The van der Waals surface area contributed by atoms with Crippen molar-refractivity contribution in [2.45, 2.75) is 20.0 Å². The molecule has 0 aliphatic rings. The Morgan fingerprint density at radius 1 is 1.26 bits per heavy atom. The van der Waals surface area contributed by atoms with Gasteiger partial charge >= 0.3 is 5.97 Å². The van der Waals surface area contributed by atoms with Gasteiger partial charge in [0, 0.05) is 0 Å². The lowest BCUT2D eigenvalue weighted by atomic mass is 10.2. The van der Waals surface area contributed by atoms with Crippen LogP contribution in [0.1, 0.15) is 24.3 Å². The Kier molecular flexibility index (Phi) is 2.67. The summed E-state index contributed by atoms with van der Waals surface area (Å²) in [6.45, 7) is 3.62. The Balaban J connectivity index is 2.27. The van der Waals surface area contributed by atoms with E-state index in [1.165, 1.54) is 0 Å². The van der Waals surface area contributed by atoms with E-state index in [4.69, 9.17) is 4.74 Å². The van der Waals surface area contributed by atoms with E-state index in [-0.39, 0.29) is 6.10 Å². The van der Waals surface area contributed by atoms with Gasteiger partial charge in [0.1, 0.15) is 0 Å². The van der Waals surface area contributed by atoms with Crippen molar-refractivity contribution >= 4 is 22.5 Å². The minimum absolute atomic E-state index is 0.177. The standard InChI is InChI=1S/C14H13N3O2/c1-9(2)19-14(18)13-12-7-15-8-17(12)11-6-4-3-5-10(11)16-13/h3-9H,1-2H3. The highest BCUT2D eigenvalue weighted by Crippen LogP contribution is 2.18. The zero-order chi connectivity index (χ0) is 13.4. The number of esters is 1. The number of hydrogen-bond donors (Lipinski definition) is 0. The van der Waals surface area contributed by atoms with Crippen LogP contribution in [0.25, 0.3) is 16.6 Å². The highest BCUT2D eigenvalue weighted by Gasteiger charge is 2.17. The first-order valence-electron chi connectivity index (χ1n) is 6.08. The minimum Gasteiger partial charge on any atom is -0.458 e. The van der Waals surface area contributed by atoms with Crippen LogP contribution >= 0.6 is 0 Å². The number of benzene rings is 1. The Hall–Kier alpha value is -2.43. The molecule has 1 aromatic carbocycles. The van der Waals surface area contributed by atoms with Crippen LogP contribution in [-0.4, -0.2) is 26.4 Å². The van der Waals surface area contributed by atoms with E-state index in [1.54, 1.807) is 12.5 Å². The first-order valence-corrected chi connectivity index (χ1v) is 6.08. The summed E-state index contributed by atoms with van der Waals surface area (Å²) < 4.78 is 7.07. The lowest BCUT2D eigenvalue weighted by Gasteiger charge is -2.09. The van der Waals surface area contributed by atoms with Gasteiger partial charge in [0.15, 0.2) is 5.69 Å². The number of rotatable bonds is 2. The molecule has 0 saturated carbocycles. The molecule has 0 spiro atoms. The molecule has 3 aromatic rings. The van der Waals surface area contributed by atoms with Crippen molar-refractivity contribution < 1.29 is 9.53 Å². The predicted octanol–water partition coefficient (Wildman–Crippen LogP) is 2.45. The van der Waals surface area contributed by atoms with Crippen LogP contribution in [0.2, 0.25) is 0 Å². The molecule has 0 fully saturated rings. The van der Waals surface area contributed by atoms with Gasteiger partial charge in [-0.1, -0.05) is 12.1 Å². The largest absolute Gasteiger partial charge is 0.458 e. The molecule has 2 aromatic heterocycles. The van der Waals surface area contributed by atoms with Crippen LogP contribution in [0.3, 0.4) is 0 Å². The first-order chi connectivity index (χ1) is 9.16. The van der Waals surface area contributed by atoms with Crippen molar-refractivity contribution in [3.63, 3.8) is 0 Å². The number of ether oxygens (including phenoxy) is 1. The van der Waals surface area contributed by atoms with E-state index < -0.39 is 5.97 Å². The summed E-state index contributed by atoms with van der Waals surface area (Å²) in [5.41, 5.74) is 2.61. The van der Waals surface area contributed by atoms with Crippen molar-refractivity contribution in [3.8, 4) is 0 Å². The van der Waals surface area contributed by atoms with Gasteiger partial charge in [-0.2, -0.15) is 0 Å². The maximum absolute atomic E-state index is 12.1. The molecule has 0 aliphatic heterocycles. The number of para-hydroxylation sites is 2. The van der Waals surface area contributed by atoms with Crippen molar-refractivity contribution in [2.75, 3.05) is 0 Å². The molecule has 0 radical (unpaired) electrons. The van der Waals surface area contributed by atoms with E-state index >= 15 is 0 Å². The molecule has 2 heterocycles. The summed E-state index contributed by atoms with van der Waals surface area (Å²) >= 11 is 0. The quantitative estimate of drug-likeness (QED) is 0.660. The molecule has 19 heavy (non-hydrogen) atoms. The Labute approximate surface area is 109 Å². The molecule has 0 atom stereocenters. The number of carbonyl (C=O) groups is 1. The van der Waals surface area contributed by atoms with E-state index in [0.717, 1.165) is 11.0 Å². The van der Waals surface area contributed by atoms with Gasteiger partial charge in [-0.25, -0.2) is 14.8 Å². The molecule has 3 rings (SSSR count). The number of aromatic nitrogens is 3. The Bertz CT molecular complexity index is 762. The fraction of sp³-hybridized carbons (Fsp3) is 0.214. The summed E-state index contributed by atoms with van der Waals surface area (Å²) in [5.74, 6) is -0.425. The van der Waals surface area contributed by atoms with Crippen LogP contribution in [-0.2, 0) is 4.74 Å². The first kappa shape index (κ1) is 11.6. The van der Waals surface area contributed by atoms with Crippen LogP contribution < -0.4 is 0 Å². The highest BCUT2D eigenvalue weighted by atomic mass is 16.5. The molecule has 0 amide bonds. The summed E-state index contributed by atoms with van der Waals surface area (Å²) in [5, 5.41) is 0. The molecular formula is C14H13N3O2. The average Bonchev–Trinajstić information content (AvgIpc) is 2.86. The second-order valence-electron chi connectivity index (χ2n) is 4.55. The number of hydrogen-bond acceptors (Lipinski definition) is 4.